The number of aryl methyl sites for hydroxylation is 1. The Balaban J connectivity index is 1.79. The van der Waals surface area contributed by atoms with Gasteiger partial charge in [-0.3, -0.25) is 9.48 Å². The molecular formula is C15H16N4OS2. The Hall–Kier alpha value is -1.99. The SMILES string of the molecule is CC(c1cccs1)N(C)C(=O)c1cnc(-c2cnn(C)c2)s1. The molecule has 1 amide bonds. The van der Waals surface area contributed by atoms with Crippen molar-refractivity contribution in [1.29, 1.82) is 0 Å². The van der Waals surface area contributed by atoms with Gasteiger partial charge in [-0.15, -0.1) is 22.7 Å². The number of amides is 1. The summed E-state index contributed by atoms with van der Waals surface area (Å²) in [6, 6.07) is 4.10. The molecule has 0 saturated carbocycles. The maximum atomic E-state index is 12.6. The molecule has 0 saturated heterocycles. The third-order valence-corrected chi connectivity index (χ3v) is 5.60. The van der Waals surface area contributed by atoms with Crippen LogP contribution < -0.4 is 0 Å². The van der Waals surface area contributed by atoms with Crippen molar-refractivity contribution in [3.63, 3.8) is 0 Å². The van der Waals surface area contributed by atoms with Crippen molar-refractivity contribution in [3.05, 3.63) is 45.9 Å². The van der Waals surface area contributed by atoms with E-state index in [2.05, 4.69) is 10.1 Å². The summed E-state index contributed by atoms with van der Waals surface area (Å²) in [5.74, 6) is -0.00598. The third-order valence-electron chi connectivity index (χ3n) is 3.52. The molecule has 3 aromatic heterocycles. The molecule has 0 aliphatic rings. The molecule has 0 radical (unpaired) electrons. The minimum Gasteiger partial charge on any atom is -0.333 e. The van der Waals surface area contributed by atoms with Crippen LogP contribution in [0, 0.1) is 0 Å². The number of nitrogens with zero attached hydrogens (tertiary/aromatic N) is 4. The molecule has 0 fully saturated rings. The highest BCUT2D eigenvalue weighted by atomic mass is 32.1. The summed E-state index contributed by atoms with van der Waals surface area (Å²) in [6.07, 6.45) is 5.29. The van der Waals surface area contributed by atoms with Gasteiger partial charge >= 0.3 is 0 Å². The second-order valence-corrected chi connectivity index (χ2v) is 7.05. The molecule has 0 bridgehead atoms. The maximum absolute atomic E-state index is 12.6. The lowest BCUT2D eigenvalue weighted by atomic mass is 10.2. The lowest BCUT2D eigenvalue weighted by molar-refractivity contribution is 0.0749. The first-order valence-corrected chi connectivity index (χ1v) is 8.51. The molecule has 0 aromatic carbocycles. The number of thiophene rings is 1. The van der Waals surface area contributed by atoms with Crippen molar-refractivity contribution in [2.75, 3.05) is 7.05 Å². The Morgan fingerprint density at radius 1 is 1.41 bits per heavy atom. The van der Waals surface area contributed by atoms with E-state index in [1.165, 1.54) is 16.2 Å². The first kappa shape index (κ1) is 14.9. The third kappa shape index (κ3) is 2.82. The van der Waals surface area contributed by atoms with Gasteiger partial charge in [-0.1, -0.05) is 6.07 Å². The molecule has 114 valence electrons. The van der Waals surface area contributed by atoms with E-state index in [1.54, 1.807) is 33.3 Å². The highest BCUT2D eigenvalue weighted by molar-refractivity contribution is 7.16. The Kier molecular flexibility index (Phi) is 4.08. The van der Waals surface area contributed by atoms with Gasteiger partial charge in [0.2, 0.25) is 0 Å². The summed E-state index contributed by atoms with van der Waals surface area (Å²) < 4.78 is 1.73. The molecule has 0 spiro atoms. The Bertz CT molecular complexity index is 775. The van der Waals surface area contributed by atoms with E-state index in [4.69, 9.17) is 0 Å². The smallest absolute Gasteiger partial charge is 0.265 e. The van der Waals surface area contributed by atoms with Crippen LogP contribution in [0.5, 0.6) is 0 Å². The molecule has 5 nitrogen and oxygen atoms in total. The Morgan fingerprint density at radius 2 is 2.23 bits per heavy atom. The van der Waals surface area contributed by atoms with Gasteiger partial charge in [0.15, 0.2) is 0 Å². The second-order valence-electron chi connectivity index (χ2n) is 5.04. The van der Waals surface area contributed by atoms with Crippen LogP contribution in [0.2, 0.25) is 0 Å². The van der Waals surface area contributed by atoms with E-state index in [1.807, 2.05) is 44.7 Å². The first-order valence-electron chi connectivity index (χ1n) is 6.81. The zero-order valence-electron chi connectivity index (χ0n) is 12.6. The minimum absolute atomic E-state index is 0.00598. The number of carbonyl (C=O) groups excluding carboxylic acids is 1. The van der Waals surface area contributed by atoms with E-state index >= 15 is 0 Å². The van der Waals surface area contributed by atoms with E-state index < -0.39 is 0 Å². The topological polar surface area (TPSA) is 51.0 Å². The van der Waals surface area contributed by atoms with Gasteiger partial charge in [-0.25, -0.2) is 4.98 Å². The van der Waals surface area contributed by atoms with Crippen LogP contribution in [-0.4, -0.2) is 32.6 Å². The van der Waals surface area contributed by atoms with E-state index in [0.717, 1.165) is 10.6 Å². The molecule has 3 heterocycles. The predicted molar refractivity (Wildman–Crippen MR) is 89.1 cm³/mol. The highest BCUT2D eigenvalue weighted by Crippen LogP contribution is 2.28. The number of rotatable bonds is 4. The minimum atomic E-state index is -0.00598. The highest BCUT2D eigenvalue weighted by Gasteiger charge is 2.22. The van der Waals surface area contributed by atoms with Crippen LogP contribution in [0.3, 0.4) is 0 Å². The summed E-state index contributed by atoms with van der Waals surface area (Å²) in [5.41, 5.74) is 0.931. The van der Waals surface area contributed by atoms with E-state index in [0.29, 0.717) is 4.88 Å². The number of thiazole rings is 1. The number of aromatic nitrogens is 3. The van der Waals surface area contributed by atoms with Gasteiger partial charge in [0.1, 0.15) is 9.88 Å². The van der Waals surface area contributed by atoms with Gasteiger partial charge in [0.05, 0.1) is 18.4 Å². The average Bonchev–Trinajstić information content (AvgIpc) is 3.24. The van der Waals surface area contributed by atoms with Crippen molar-refractivity contribution in [2.24, 2.45) is 7.05 Å². The zero-order valence-corrected chi connectivity index (χ0v) is 14.2. The zero-order chi connectivity index (χ0) is 15.7. The summed E-state index contributed by atoms with van der Waals surface area (Å²) in [6.45, 7) is 2.03. The van der Waals surface area contributed by atoms with Crippen LogP contribution in [0.25, 0.3) is 10.6 Å². The fourth-order valence-electron chi connectivity index (χ4n) is 2.11. The summed E-state index contributed by atoms with van der Waals surface area (Å²) >= 11 is 3.06. The predicted octanol–water partition coefficient (Wildman–Crippen LogP) is 3.44. The molecule has 1 atom stereocenters. The molecule has 22 heavy (non-hydrogen) atoms. The molecule has 0 aliphatic carbocycles. The lowest BCUT2D eigenvalue weighted by Crippen LogP contribution is -2.28. The van der Waals surface area contributed by atoms with Crippen LogP contribution >= 0.6 is 22.7 Å². The monoisotopic (exact) mass is 332 g/mol. The molecule has 0 N–H and O–H groups in total. The molecular weight excluding hydrogens is 316 g/mol. The van der Waals surface area contributed by atoms with Crippen molar-refractivity contribution in [3.8, 4) is 10.6 Å². The van der Waals surface area contributed by atoms with Gasteiger partial charge in [-0.05, 0) is 18.4 Å². The first-order chi connectivity index (χ1) is 10.6. The maximum Gasteiger partial charge on any atom is 0.265 e. The second kappa shape index (κ2) is 6.02. The molecule has 3 aromatic rings. The van der Waals surface area contributed by atoms with Crippen LogP contribution in [0.1, 0.15) is 27.5 Å². The normalized spacial score (nSPS) is 12.3. The van der Waals surface area contributed by atoms with Crippen molar-refractivity contribution in [2.45, 2.75) is 13.0 Å². The Labute approximate surface area is 136 Å². The van der Waals surface area contributed by atoms with E-state index in [9.17, 15) is 4.79 Å². The number of hydrogen-bond donors (Lipinski definition) is 0. The Morgan fingerprint density at radius 3 is 2.86 bits per heavy atom. The quantitative estimate of drug-likeness (QED) is 0.735. The molecule has 7 heteroatoms. The van der Waals surface area contributed by atoms with Gasteiger partial charge < -0.3 is 4.90 Å². The van der Waals surface area contributed by atoms with Crippen LogP contribution in [-0.2, 0) is 7.05 Å². The van der Waals surface area contributed by atoms with Crippen molar-refractivity contribution < 1.29 is 4.79 Å². The summed E-state index contributed by atoms with van der Waals surface area (Å²) in [7, 11) is 3.69. The fourth-order valence-corrected chi connectivity index (χ4v) is 3.81. The largest absolute Gasteiger partial charge is 0.333 e. The number of hydrogen-bond acceptors (Lipinski definition) is 5. The van der Waals surface area contributed by atoms with Gasteiger partial charge in [0.25, 0.3) is 5.91 Å². The lowest BCUT2D eigenvalue weighted by Gasteiger charge is -2.23. The van der Waals surface area contributed by atoms with Gasteiger partial charge in [-0.2, -0.15) is 5.10 Å². The summed E-state index contributed by atoms with van der Waals surface area (Å²) in [4.78, 5) is 20.5. The van der Waals surface area contributed by atoms with Crippen molar-refractivity contribution in [1.82, 2.24) is 19.7 Å². The molecule has 0 aliphatic heterocycles. The fraction of sp³-hybridized carbons (Fsp3) is 0.267. The van der Waals surface area contributed by atoms with Crippen LogP contribution in [0.15, 0.2) is 36.1 Å². The standard InChI is InChI=1S/C15H16N4OS2/c1-10(12-5-4-6-21-12)19(3)15(20)13-8-16-14(22-13)11-7-17-18(2)9-11/h4-10H,1-3H3. The van der Waals surface area contributed by atoms with Gasteiger partial charge in [0, 0.05) is 30.7 Å². The number of carbonyl (C=O) groups is 1. The van der Waals surface area contributed by atoms with Crippen molar-refractivity contribution >= 4 is 28.6 Å². The molecule has 1 unspecified atom stereocenters. The summed E-state index contributed by atoms with van der Waals surface area (Å²) in [5, 5.41) is 6.97. The average molecular weight is 332 g/mol. The van der Waals surface area contributed by atoms with E-state index in [-0.39, 0.29) is 11.9 Å². The molecule has 3 rings (SSSR count). The van der Waals surface area contributed by atoms with Crippen LogP contribution in [0.4, 0.5) is 0 Å².